The van der Waals surface area contributed by atoms with Gasteiger partial charge < -0.3 is 20.4 Å². The van der Waals surface area contributed by atoms with Crippen LogP contribution in [0.1, 0.15) is 32.6 Å². The van der Waals surface area contributed by atoms with Crippen molar-refractivity contribution in [2.75, 3.05) is 16.8 Å². The summed E-state index contributed by atoms with van der Waals surface area (Å²) < 4.78 is 19.9. The molecule has 1 amide bonds. The molecular weight excluding hydrogens is 433 g/mol. The second kappa shape index (κ2) is 8.67. The average Bonchev–Trinajstić information content (AvgIpc) is 3.23. The number of carbonyl (C=O) groups is 1. The predicted octanol–water partition coefficient (Wildman–Crippen LogP) is 4.51. The van der Waals surface area contributed by atoms with Gasteiger partial charge in [-0.15, -0.1) is 0 Å². The van der Waals surface area contributed by atoms with E-state index in [0.717, 1.165) is 22.3 Å². The van der Waals surface area contributed by atoms with Gasteiger partial charge in [0, 0.05) is 31.4 Å². The number of rotatable bonds is 6. The molecule has 6 nitrogen and oxygen atoms in total. The molecule has 0 aliphatic carbocycles. The Labute approximate surface area is 195 Å². The fraction of sp³-hybridized carbons (Fsp3) is 0.185. The van der Waals surface area contributed by atoms with Crippen molar-refractivity contribution < 1.29 is 13.6 Å². The first-order valence-corrected chi connectivity index (χ1v) is 11.1. The van der Waals surface area contributed by atoms with E-state index < -0.39 is 5.91 Å². The van der Waals surface area contributed by atoms with Crippen molar-refractivity contribution in [2.24, 2.45) is 5.73 Å². The monoisotopic (exact) mass is 457 g/mol. The molecule has 0 spiro atoms. The average molecular weight is 458 g/mol. The Morgan fingerprint density at radius 3 is 2.71 bits per heavy atom. The molecule has 1 aliphatic heterocycles. The number of nitrogens with zero attached hydrogens (tertiary/aromatic N) is 1. The van der Waals surface area contributed by atoms with Gasteiger partial charge in [0.2, 0.25) is 5.88 Å². The first-order chi connectivity index (χ1) is 16.4. The number of primary amides is 1. The van der Waals surface area contributed by atoms with Crippen molar-refractivity contribution in [2.45, 2.75) is 26.4 Å². The number of hydrogen-bond donors (Lipinski definition) is 2. The lowest BCUT2D eigenvalue weighted by atomic mass is 10.0. The Bertz CT molecular complexity index is 1480. The van der Waals surface area contributed by atoms with Crippen LogP contribution in [0.4, 0.5) is 16.0 Å². The molecule has 0 saturated heterocycles. The standard InChI is InChI=1S/C27H24FN3O3/c1-16-10-17(8-9-30-23-5-3-2-4-21(23)27(29)33)26-22(11-16)24(32)13-25(34-26)31-14-18-6-7-20(28)12-19(18)15-31/h2-7,10-13,30H,8-9,14-15H2,1H3,(H2,29,33). The molecule has 4 aromatic rings. The van der Waals surface area contributed by atoms with Gasteiger partial charge in [-0.2, -0.15) is 0 Å². The topological polar surface area (TPSA) is 88.6 Å². The van der Waals surface area contributed by atoms with E-state index in [-0.39, 0.29) is 11.2 Å². The summed E-state index contributed by atoms with van der Waals surface area (Å²) in [6.45, 7) is 3.49. The van der Waals surface area contributed by atoms with Crippen LogP contribution in [-0.2, 0) is 19.5 Å². The third-order valence-electron chi connectivity index (χ3n) is 6.14. The highest BCUT2D eigenvalue weighted by atomic mass is 19.1. The second-order valence-electron chi connectivity index (χ2n) is 8.61. The van der Waals surface area contributed by atoms with Crippen molar-refractivity contribution in [1.29, 1.82) is 0 Å². The molecule has 2 heterocycles. The fourth-order valence-corrected chi connectivity index (χ4v) is 4.52. The van der Waals surface area contributed by atoms with Gasteiger partial charge in [0.1, 0.15) is 11.4 Å². The highest BCUT2D eigenvalue weighted by Crippen LogP contribution is 2.31. The highest BCUT2D eigenvalue weighted by Gasteiger charge is 2.23. The lowest BCUT2D eigenvalue weighted by Crippen LogP contribution is -2.17. The SMILES string of the molecule is Cc1cc(CCNc2ccccc2C(N)=O)c2oc(N3Cc4ccc(F)cc4C3)cc(=O)c2c1. The summed E-state index contributed by atoms with van der Waals surface area (Å²) in [6.07, 6.45) is 0.573. The number of halogens is 1. The van der Waals surface area contributed by atoms with Gasteiger partial charge in [-0.1, -0.05) is 24.3 Å². The highest BCUT2D eigenvalue weighted by molar-refractivity contribution is 5.98. The molecule has 0 saturated carbocycles. The summed E-state index contributed by atoms with van der Waals surface area (Å²) in [5.74, 6) is -0.304. The van der Waals surface area contributed by atoms with Crippen molar-refractivity contribution >= 4 is 28.4 Å². The number of anilines is 2. The van der Waals surface area contributed by atoms with Gasteiger partial charge in [0.25, 0.3) is 5.91 Å². The zero-order chi connectivity index (χ0) is 23.8. The van der Waals surface area contributed by atoms with Crippen molar-refractivity contribution in [1.82, 2.24) is 0 Å². The molecular formula is C27H24FN3O3. The van der Waals surface area contributed by atoms with E-state index in [0.29, 0.717) is 54.2 Å². The van der Waals surface area contributed by atoms with Crippen molar-refractivity contribution in [3.05, 3.63) is 105 Å². The van der Waals surface area contributed by atoms with Gasteiger partial charge >= 0.3 is 0 Å². The molecule has 172 valence electrons. The summed E-state index contributed by atoms with van der Waals surface area (Å²) in [6, 6.07) is 17.2. The quantitative estimate of drug-likeness (QED) is 0.445. The van der Waals surface area contributed by atoms with E-state index in [1.807, 2.05) is 30.0 Å². The zero-order valence-electron chi connectivity index (χ0n) is 18.7. The Balaban J connectivity index is 1.44. The van der Waals surface area contributed by atoms with Crippen LogP contribution < -0.4 is 21.4 Å². The number of carbonyl (C=O) groups excluding carboxylic acids is 1. The number of amides is 1. The number of fused-ring (bicyclic) bond motifs is 2. The largest absolute Gasteiger partial charge is 0.440 e. The van der Waals surface area contributed by atoms with Crippen LogP contribution in [0.25, 0.3) is 11.0 Å². The predicted molar refractivity (Wildman–Crippen MR) is 131 cm³/mol. The molecule has 34 heavy (non-hydrogen) atoms. The maximum absolute atomic E-state index is 13.6. The Hall–Kier alpha value is -4.13. The zero-order valence-corrected chi connectivity index (χ0v) is 18.7. The number of nitrogens with two attached hydrogens (primary N) is 1. The summed E-state index contributed by atoms with van der Waals surface area (Å²) in [7, 11) is 0. The summed E-state index contributed by atoms with van der Waals surface area (Å²) >= 11 is 0. The van der Waals surface area contributed by atoms with E-state index in [4.69, 9.17) is 10.2 Å². The van der Waals surface area contributed by atoms with Crippen LogP contribution in [0.15, 0.2) is 69.9 Å². The van der Waals surface area contributed by atoms with Gasteiger partial charge in [0.15, 0.2) is 5.43 Å². The Morgan fingerprint density at radius 2 is 1.88 bits per heavy atom. The molecule has 3 aromatic carbocycles. The maximum atomic E-state index is 13.6. The van der Waals surface area contributed by atoms with Crippen molar-refractivity contribution in [3.8, 4) is 0 Å². The molecule has 0 radical (unpaired) electrons. The number of para-hydroxylation sites is 1. The smallest absolute Gasteiger partial charge is 0.250 e. The van der Waals surface area contributed by atoms with E-state index in [9.17, 15) is 14.0 Å². The van der Waals surface area contributed by atoms with E-state index in [2.05, 4.69) is 5.32 Å². The molecule has 3 N–H and O–H groups in total. The molecule has 0 bridgehead atoms. The molecule has 0 atom stereocenters. The summed E-state index contributed by atoms with van der Waals surface area (Å²) in [5.41, 5.74) is 10.8. The van der Waals surface area contributed by atoms with Gasteiger partial charge in [-0.3, -0.25) is 9.59 Å². The fourth-order valence-electron chi connectivity index (χ4n) is 4.52. The van der Waals surface area contributed by atoms with Crippen LogP contribution >= 0.6 is 0 Å². The minimum atomic E-state index is -0.494. The number of hydrogen-bond acceptors (Lipinski definition) is 5. The normalized spacial score (nSPS) is 12.7. The summed E-state index contributed by atoms with van der Waals surface area (Å²) in [4.78, 5) is 26.6. The van der Waals surface area contributed by atoms with Crippen LogP contribution in [0.5, 0.6) is 0 Å². The van der Waals surface area contributed by atoms with Gasteiger partial charge in [-0.05, 0) is 65.9 Å². The second-order valence-corrected chi connectivity index (χ2v) is 8.61. The third-order valence-corrected chi connectivity index (χ3v) is 6.14. The molecule has 1 aromatic heterocycles. The summed E-state index contributed by atoms with van der Waals surface area (Å²) in [5, 5.41) is 3.79. The van der Waals surface area contributed by atoms with Crippen LogP contribution in [0.2, 0.25) is 0 Å². The molecule has 0 fully saturated rings. The lowest BCUT2D eigenvalue weighted by molar-refractivity contribution is 0.100. The van der Waals surface area contributed by atoms with Crippen molar-refractivity contribution in [3.63, 3.8) is 0 Å². The first-order valence-electron chi connectivity index (χ1n) is 11.1. The number of benzene rings is 3. The number of nitrogens with one attached hydrogen (secondary N) is 1. The molecule has 7 heteroatoms. The minimum Gasteiger partial charge on any atom is -0.440 e. The molecule has 5 rings (SSSR count). The van der Waals surface area contributed by atoms with Crippen LogP contribution in [-0.4, -0.2) is 12.5 Å². The van der Waals surface area contributed by atoms with Gasteiger partial charge in [0.05, 0.1) is 10.9 Å². The van der Waals surface area contributed by atoms with E-state index >= 15 is 0 Å². The van der Waals surface area contributed by atoms with E-state index in [1.165, 1.54) is 18.2 Å². The van der Waals surface area contributed by atoms with Crippen LogP contribution in [0.3, 0.4) is 0 Å². The third kappa shape index (κ3) is 4.12. The van der Waals surface area contributed by atoms with Gasteiger partial charge in [-0.25, -0.2) is 4.39 Å². The number of aryl methyl sites for hydroxylation is 1. The maximum Gasteiger partial charge on any atom is 0.250 e. The van der Waals surface area contributed by atoms with E-state index in [1.54, 1.807) is 24.3 Å². The van der Waals surface area contributed by atoms with Crippen LogP contribution in [0, 0.1) is 12.7 Å². The first kappa shape index (κ1) is 21.7. The molecule has 0 unspecified atom stereocenters. The Kier molecular flexibility index (Phi) is 5.53. The molecule has 1 aliphatic rings. The minimum absolute atomic E-state index is 0.115. The lowest BCUT2D eigenvalue weighted by Gasteiger charge is -2.17. The Morgan fingerprint density at radius 1 is 1.09 bits per heavy atom.